The minimum Gasteiger partial charge on any atom is -0.496 e. The van der Waals surface area contributed by atoms with Crippen molar-refractivity contribution >= 4 is 0 Å². The van der Waals surface area contributed by atoms with Gasteiger partial charge in [-0.2, -0.15) is 0 Å². The van der Waals surface area contributed by atoms with Crippen molar-refractivity contribution in [3.8, 4) is 11.6 Å². The number of aromatic nitrogens is 1. The van der Waals surface area contributed by atoms with Gasteiger partial charge >= 0.3 is 0 Å². The largest absolute Gasteiger partial charge is 0.496 e. The number of ether oxygens (including phenoxy) is 2. The van der Waals surface area contributed by atoms with E-state index in [2.05, 4.69) is 4.98 Å². The molecule has 0 saturated heterocycles. The van der Waals surface area contributed by atoms with Gasteiger partial charge in [0.25, 0.3) is 0 Å². The Labute approximate surface area is 89.4 Å². The molecule has 0 spiro atoms. The van der Waals surface area contributed by atoms with E-state index in [1.807, 2.05) is 13.0 Å². The highest BCUT2D eigenvalue weighted by Crippen LogP contribution is 2.49. The van der Waals surface area contributed by atoms with Gasteiger partial charge in [0.15, 0.2) is 0 Å². The zero-order chi connectivity index (χ0) is 11.1. The molecule has 2 N–H and O–H groups in total. The van der Waals surface area contributed by atoms with Crippen molar-refractivity contribution in [2.24, 2.45) is 5.73 Å². The van der Waals surface area contributed by atoms with Crippen LogP contribution in [0.3, 0.4) is 0 Å². The molecule has 0 amide bonds. The number of aryl methyl sites for hydroxylation is 1. The van der Waals surface area contributed by atoms with Gasteiger partial charge in [-0.3, -0.25) is 0 Å². The minimum atomic E-state index is -0.294. The van der Waals surface area contributed by atoms with Crippen molar-refractivity contribution in [1.29, 1.82) is 0 Å². The van der Waals surface area contributed by atoms with E-state index >= 15 is 0 Å². The maximum atomic E-state index is 6.17. The molecular formula is C11H16N2O2. The molecule has 0 aliphatic heterocycles. The summed E-state index contributed by atoms with van der Waals surface area (Å²) in [7, 11) is 3.25. The minimum absolute atomic E-state index is 0.294. The second-order valence-electron chi connectivity index (χ2n) is 4.01. The van der Waals surface area contributed by atoms with Gasteiger partial charge in [-0.15, -0.1) is 0 Å². The summed E-state index contributed by atoms with van der Waals surface area (Å²) in [5, 5.41) is 0. The van der Waals surface area contributed by atoms with Gasteiger partial charge < -0.3 is 15.2 Å². The first-order valence-electron chi connectivity index (χ1n) is 5.00. The summed E-state index contributed by atoms with van der Waals surface area (Å²) < 4.78 is 10.6. The molecule has 1 aromatic heterocycles. The van der Waals surface area contributed by atoms with Gasteiger partial charge in [0, 0.05) is 11.8 Å². The van der Waals surface area contributed by atoms with E-state index in [1.165, 1.54) is 0 Å². The summed E-state index contributed by atoms with van der Waals surface area (Å²) in [5.74, 6) is 1.37. The first kappa shape index (κ1) is 10.2. The second kappa shape index (κ2) is 3.38. The van der Waals surface area contributed by atoms with Gasteiger partial charge in [0.05, 0.1) is 25.3 Å². The van der Waals surface area contributed by atoms with Crippen LogP contribution in [0.15, 0.2) is 6.07 Å². The van der Waals surface area contributed by atoms with Crippen LogP contribution in [0.25, 0.3) is 0 Å². The van der Waals surface area contributed by atoms with Crippen LogP contribution in [-0.4, -0.2) is 19.2 Å². The molecule has 1 heterocycles. The summed E-state index contributed by atoms with van der Waals surface area (Å²) in [4.78, 5) is 4.32. The van der Waals surface area contributed by atoms with Crippen LogP contribution in [0.4, 0.5) is 0 Å². The highest BCUT2D eigenvalue weighted by molar-refractivity contribution is 5.49. The van der Waals surface area contributed by atoms with Crippen LogP contribution >= 0.6 is 0 Å². The van der Waals surface area contributed by atoms with E-state index in [1.54, 1.807) is 14.2 Å². The molecule has 1 fully saturated rings. The van der Waals surface area contributed by atoms with Crippen molar-refractivity contribution in [1.82, 2.24) is 4.98 Å². The lowest BCUT2D eigenvalue weighted by Gasteiger charge is -2.17. The molecule has 1 aromatic rings. The van der Waals surface area contributed by atoms with E-state index in [-0.39, 0.29) is 5.54 Å². The normalized spacial score (nSPS) is 17.3. The molecule has 0 radical (unpaired) electrons. The molecule has 1 saturated carbocycles. The smallest absolute Gasteiger partial charge is 0.222 e. The van der Waals surface area contributed by atoms with Gasteiger partial charge in [0.1, 0.15) is 5.75 Å². The SMILES string of the molecule is COc1cc(C)nc(OC)c1C1(N)CC1. The van der Waals surface area contributed by atoms with Gasteiger partial charge in [-0.25, -0.2) is 4.98 Å². The summed E-state index contributed by atoms with van der Waals surface area (Å²) in [6.45, 7) is 1.91. The third-order valence-electron chi connectivity index (χ3n) is 2.78. The van der Waals surface area contributed by atoms with E-state index < -0.39 is 0 Å². The van der Waals surface area contributed by atoms with Crippen molar-refractivity contribution < 1.29 is 9.47 Å². The van der Waals surface area contributed by atoms with E-state index in [9.17, 15) is 0 Å². The summed E-state index contributed by atoms with van der Waals surface area (Å²) >= 11 is 0. The standard InChI is InChI=1S/C11H16N2O2/c1-7-6-8(14-2)9(10(13-7)15-3)11(12)4-5-11/h6H,4-5,12H2,1-3H3. The van der Waals surface area contributed by atoms with E-state index in [4.69, 9.17) is 15.2 Å². The number of methoxy groups -OCH3 is 2. The Morgan fingerprint density at radius 2 is 2.00 bits per heavy atom. The molecule has 0 atom stereocenters. The predicted molar refractivity (Wildman–Crippen MR) is 57.2 cm³/mol. The quantitative estimate of drug-likeness (QED) is 0.814. The molecular weight excluding hydrogens is 192 g/mol. The molecule has 4 heteroatoms. The third kappa shape index (κ3) is 1.65. The Balaban J connectivity index is 2.57. The van der Waals surface area contributed by atoms with Crippen LogP contribution in [0.5, 0.6) is 11.6 Å². The first-order chi connectivity index (χ1) is 7.10. The lowest BCUT2D eigenvalue weighted by Crippen LogP contribution is -2.21. The van der Waals surface area contributed by atoms with Crippen molar-refractivity contribution in [3.05, 3.63) is 17.3 Å². The van der Waals surface area contributed by atoms with Crippen molar-refractivity contribution in [2.75, 3.05) is 14.2 Å². The zero-order valence-corrected chi connectivity index (χ0v) is 9.33. The van der Waals surface area contributed by atoms with Crippen molar-refractivity contribution in [3.63, 3.8) is 0 Å². The Bertz CT molecular complexity index is 361. The Morgan fingerprint density at radius 3 is 2.47 bits per heavy atom. The highest BCUT2D eigenvalue weighted by Gasteiger charge is 2.45. The molecule has 4 nitrogen and oxygen atoms in total. The molecule has 0 unspecified atom stereocenters. The maximum Gasteiger partial charge on any atom is 0.222 e. The monoisotopic (exact) mass is 208 g/mol. The fourth-order valence-electron chi connectivity index (χ4n) is 1.77. The number of hydrogen-bond donors (Lipinski definition) is 1. The number of nitrogens with two attached hydrogens (primary N) is 1. The van der Waals surface area contributed by atoms with Crippen LogP contribution in [0.2, 0.25) is 0 Å². The van der Waals surface area contributed by atoms with Crippen molar-refractivity contribution in [2.45, 2.75) is 25.3 Å². The first-order valence-corrected chi connectivity index (χ1v) is 5.00. The molecule has 1 aliphatic carbocycles. The average Bonchev–Trinajstić information content (AvgIpc) is 2.95. The number of nitrogens with zero attached hydrogens (tertiary/aromatic N) is 1. The van der Waals surface area contributed by atoms with Crippen LogP contribution in [0.1, 0.15) is 24.1 Å². The Hall–Kier alpha value is -1.29. The summed E-state index contributed by atoms with van der Waals surface area (Å²) in [6, 6.07) is 1.89. The van der Waals surface area contributed by atoms with Crippen LogP contribution < -0.4 is 15.2 Å². The molecule has 15 heavy (non-hydrogen) atoms. The third-order valence-corrected chi connectivity index (χ3v) is 2.78. The number of hydrogen-bond acceptors (Lipinski definition) is 4. The fourth-order valence-corrected chi connectivity index (χ4v) is 1.77. The average molecular weight is 208 g/mol. The predicted octanol–water partition coefficient (Wildman–Crippen LogP) is 1.36. The molecule has 0 aromatic carbocycles. The molecule has 2 rings (SSSR count). The topological polar surface area (TPSA) is 57.4 Å². The van der Waals surface area contributed by atoms with Gasteiger partial charge in [0.2, 0.25) is 5.88 Å². The second-order valence-corrected chi connectivity index (χ2v) is 4.01. The lowest BCUT2D eigenvalue weighted by molar-refractivity contribution is 0.364. The summed E-state index contributed by atoms with van der Waals surface area (Å²) in [6.07, 6.45) is 1.93. The Kier molecular flexibility index (Phi) is 2.31. The van der Waals surface area contributed by atoms with Crippen LogP contribution in [0, 0.1) is 6.92 Å². The molecule has 82 valence electrons. The summed E-state index contributed by atoms with van der Waals surface area (Å²) in [5.41, 5.74) is 7.65. The molecule has 1 aliphatic rings. The lowest BCUT2D eigenvalue weighted by atomic mass is 10.1. The van der Waals surface area contributed by atoms with E-state index in [0.717, 1.165) is 29.8 Å². The number of rotatable bonds is 3. The van der Waals surface area contributed by atoms with Crippen LogP contribution in [-0.2, 0) is 5.54 Å². The van der Waals surface area contributed by atoms with Gasteiger partial charge in [-0.05, 0) is 19.8 Å². The van der Waals surface area contributed by atoms with E-state index in [0.29, 0.717) is 5.88 Å². The Morgan fingerprint density at radius 1 is 1.33 bits per heavy atom. The fraction of sp³-hybridized carbons (Fsp3) is 0.545. The van der Waals surface area contributed by atoms with Gasteiger partial charge in [-0.1, -0.05) is 0 Å². The zero-order valence-electron chi connectivity index (χ0n) is 9.33. The highest BCUT2D eigenvalue weighted by atomic mass is 16.5. The molecule has 0 bridgehead atoms. The number of pyridine rings is 1. The maximum absolute atomic E-state index is 6.17.